The lowest BCUT2D eigenvalue weighted by Crippen LogP contribution is -2.01. The molecule has 0 amide bonds. The first-order valence-corrected chi connectivity index (χ1v) is 5.89. The summed E-state index contributed by atoms with van der Waals surface area (Å²) in [5.74, 6) is 1.39. The van der Waals surface area contributed by atoms with Crippen LogP contribution in [0.1, 0.15) is 63.5 Å². The van der Waals surface area contributed by atoms with Gasteiger partial charge in [-0.3, -0.25) is 0 Å². The molecule has 1 heteroatoms. The third kappa shape index (κ3) is 2.74. The zero-order valence-electron chi connectivity index (χ0n) is 10.2. The highest BCUT2D eigenvalue weighted by atomic mass is 16.3. The molecule has 15 heavy (non-hydrogen) atoms. The smallest absolute Gasteiger partial charge is 0.119 e. The fourth-order valence-electron chi connectivity index (χ4n) is 2.19. The lowest BCUT2D eigenvalue weighted by Gasteiger charge is -2.19. The third-order valence-electron chi connectivity index (χ3n) is 2.95. The van der Waals surface area contributed by atoms with Gasteiger partial charge >= 0.3 is 0 Å². The molecule has 84 valence electrons. The molecule has 1 aromatic rings. The summed E-state index contributed by atoms with van der Waals surface area (Å²) in [5, 5.41) is 9.94. The summed E-state index contributed by atoms with van der Waals surface area (Å²) in [6.45, 7) is 8.74. The number of phenols is 1. The molecule has 0 bridgehead atoms. The molecule has 1 N–H and O–H groups in total. The van der Waals surface area contributed by atoms with E-state index >= 15 is 0 Å². The van der Waals surface area contributed by atoms with E-state index in [1.54, 1.807) is 6.07 Å². The van der Waals surface area contributed by atoms with Crippen LogP contribution in [-0.4, -0.2) is 5.11 Å². The van der Waals surface area contributed by atoms with Crippen molar-refractivity contribution in [1.29, 1.82) is 0 Å². The fourth-order valence-corrected chi connectivity index (χ4v) is 2.19. The van der Waals surface area contributed by atoms with Gasteiger partial charge in [-0.05, 0) is 29.9 Å². The van der Waals surface area contributed by atoms with Gasteiger partial charge in [0.05, 0.1) is 0 Å². The van der Waals surface area contributed by atoms with E-state index in [-0.39, 0.29) is 0 Å². The second-order valence-electron chi connectivity index (χ2n) is 4.62. The van der Waals surface area contributed by atoms with Gasteiger partial charge in [0.25, 0.3) is 0 Å². The molecule has 0 saturated carbocycles. The van der Waals surface area contributed by atoms with E-state index in [2.05, 4.69) is 33.8 Å². The number of hydrogen-bond donors (Lipinski definition) is 1. The van der Waals surface area contributed by atoms with E-state index in [4.69, 9.17) is 0 Å². The maximum absolute atomic E-state index is 9.94. The standard InChI is InChI=1S/C14H22O/c1-5-7-11(4)14-12(10(2)3)8-6-9-13(14)15/h6,8-11,15H,5,7H2,1-4H3. The van der Waals surface area contributed by atoms with Gasteiger partial charge in [0, 0.05) is 5.56 Å². The van der Waals surface area contributed by atoms with Crippen LogP contribution in [0.2, 0.25) is 0 Å². The molecule has 0 aliphatic rings. The van der Waals surface area contributed by atoms with E-state index in [0.717, 1.165) is 18.4 Å². The number of benzene rings is 1. The number of hydrogen-bond acceptors (Lipinski definition) is 1. The van der Waals surface area contributed by atoms with Crippen molar-refractivity contribution in [3.63, 3.8) is 0 Å². The SMILES string of the molecule is CCCC(C)c1c(O)cccc1C(C)C. The van der Waals surface area contributed by atoms with Crippen LogP contribution in [0.25, 0.3) is 0 Å². The first kappa shape index (κ1) is 12.1. The minimum absolute atomic E-state index is 0.452. The van der Waals surface area contributed by atoms with E-state index < -0.39 is 0 Å². The Morgan fingerprint density at radius 3 is 2.40 bits per heavy atom. The maximum Gasteiger partial charge on any atom is 0.119 e. The van der Waals surface area contributed by atoms with Gasteiger partial charge in [0.2, 0.25) is 0 Å². The first-order chi connectivity index (χ1) is 7.07. The van der Waals surface area contributed by atoms with Crippen LogP contribution in [0, 0.1) is 0 Å². The van der Waals surface area contributed by atoms with Crippen molar-refractivity contribution in [3.8, 4) is 5.75 Å². The minimum Gasteiger partial charge on any atom is -0.508 e. The lowest BCUT2D eigenvalue weighted by molar-refractivity contribution is 0.457. The Labute approximate surface area is 93.1 Å². The molecule has 1 rings (SSSR count). The summed E-state index contributed by atoms with van der Waals surface area (Å²) in [7, 11) is 0. The third-order valence-corrected chi connectivity index (χ3v) is 2.95. The van der Waals surface area contributed by atoms with E-state index in [1.807, 2.05) is 6.07 Å². The van der Waals surface area contributed by atoms with Crippen LogP contribution in [0.5, 0.6) is 5.75 Å². The highest BCUT2D eigenvalue weighted by Gasteiger charge is 2.15. The summed E-state index contributed by atoms with van der Waals surface area (Å²) < 4.78 is 0. The molecule has 0 fully saturated rings. The largest absolute Gasteiger partial charge is 0.508 e. The van der Waals surface area contributed by atoms with Crippen LogP contribution in [0.15, 0.2) is 18.2 Å². The molecule has 0 heterocycles. The van der Waals surface area contributed by atoms with Gasteiger partial charge in [0.15, 0.2) is 0 Å². The molecule has 1 nitrogen and oxygen atoms in total. The molecular weight excluding hydrogens is 184 g/mol. The van der Waals surface area contributed by atoms with Crippen molar-refractivity contribution in [1.82, 2.24) is 0 Å². The van der Waals surface area contributed by atoms with Crippen molar-refractivity contribution in [3.05, 3.63) is 29.3 Å². The Kier molecular flexibility index (Phi) is 4.19. The van der Waals surface area contributed by atoms with Crippen molar-refractivity contribution in [2.24, 2.45) is 0 Å². The van der Waals surface area contributed by atoms with Crippen LogP contribution in [0.4, 0.5) is 0 Å². The average molecular weight is 206 g/mol. The average Bonchev–Trinajstić information content (AvgIpc) is 2.17. The predicted molar refractivity (Wildman–Crippen MR) is 65.5 cm³/mol. The van der Waals surface area contributed by atoms with Gasteiger partial charge < -0.3 is 5.11 Å². The Morgan fingerprint density at radius 2 is 1.87 bits per heavy atom. The molecule has 0 aromatic heterocycles. The lowest BCUT2D eigenvalue weighted by atomic mass is 9.87. The molecular formula is C14H22O. The number of rotatable bonds is 4. The van der Waals surface area contributed by atoms with Gasteiger partial charge in [0.1, 0.15) is 5.75 Å². The Morgan fingerprint density at radius 1 is 1.20 bits per heavy atom. The van der Waals surface area contributed by atoms with Gasteiger partial charge in [-0.1, -0.05) is 46.2 Å². The zero-order valence-corrected chi connectivity index (χ0v) is 10.2. The van der Waals surface area contributed by atoms with Crippen LogP contribution < -0.4 is 0 Å². The summed E-state index contributed by atoms with van der Waals surface area (Å²) in [6.07, 6.45) is 2.30. The van der Waals surface area contributed by atoms with Crippen molar-refractivity contribution >= 4 is 0 Å². The second kappa shape index (κ2) is 5.20. The number of aromatic hydroxyl groups is 1. The minimum atomic E-state index is 0.452. The van der Waals surface area contributed by atoms with Crippen LogP contribution in [-0.2, 0) is 0 Å². The molecule has 0 aliphatic carbocycles. The van der Waals surface area contributed by atoms with E-state index in [1.165, 1.54) is 5.56 Å². The van der Waals surface area contributed by atoms with Gasteiger partial charge in [-0.2, -0.15) is 0 Å². The highest BCUT2D eigenvalue weighted by Crippen LogP contribution is 2.35. The fraction of sp³-hybridized carbons (Fsp3) is 0.571. The zero-order chi connectivity index (χ0) is 11.4. The normalized spacial score (nSPS) is 13.1. The predicted octanol–water partition coefficient (Wildman–Crippen LogP) is 4.42. The second-order valence-corrected chi connectivity index (χ2v) is 4.62. The topological polar surface area (TPSA) is 20.2 Å². The van der Waals surface area contributed by atoms with Crippen LogP contribution >= 0.6 is 0 Å². The highest BCUT2D eigenvalue weighted by molar-refractivity contribution is 5.43. The van der Waals surface area contributed by atoms with E-state index in [9.17, 15) is 5.11 Å². The summed E-state index contributed by atoms with van der Waals surface area (Å²) in [5.41, 5.74) is 2.44. The van der Waals surface area contributed by atoms with E-state index in [0.29, 0.717) is 17.6 Å². The van der Waals surface area contributed by atoms with Gasteiger partial charge in [-0.15, -0.1) is 0 Å². The summed E-state index contributed by atoms with van der Waals surface area (Å²) in [6, 6.07) is 5.87. The van der Waals surface area contributed by atoms with Crippen molar-refractivity contribution in [2.45, 2.75) is 52.4 Å². The van der Waals surface area contributed by atoms with Crippen molar-refractivity contribution in [2.75, 3.05) is 0 Å². The monoisotopic (exact) mass is 206 g/mol. The molecule has 0 saturated heterocycles. The Hall–Kier alpha value is -0.980. The molecule has 0 spiro atoms. The van der Waals surface area contributed by atoms with Gasteiger partial charge in [-0.25, -0.2) is 0 Å². The number of phenolic OH excluding ortho intramolecular Hbond substituents is 1. The Bertz CT molecular complexity index is 315. The quantitative estimate of drug-likeness (QED) is 0.773. The molecule has 1 aromatic carbocycles. The first-order valence-electron chi connectivity index (χ1n) is 5.89. The summed E-state index contributed by atoms with van der Waals surface area (Å²) in [4.78, 5) is 0. The Balaban J connectivity index is 3.12. The van der Waals surface area contributed by atoms with Crippen LogP contribution in [0.3, 0.4) is 0 Å². The summed E-state index contributed by atoms with van der Waals surface area (Å²) >= 11 is 0. The van der Waals surface area contributed by atoms with Crippen molar-refractivity contribution < 1.29 is 5.11 Å². The molecule has 0 aliphatic heterocycles. The molecule has 0 radical (unpaired) electrons. The maximum atomic E-state index is 9.94. The molecule has 1 atom stereocenters. The molecule has 1 unspecified atom stereocenters.